The molecule has 1 unspecified atom stereocenters. The van der Waals surface area contributed by atoms with Gasteiger partial charge in [0.25, 0.3) is 0 Å². The molecule has 0 fully saturated rings. The number of hydrogen-bond donors (Lipinski definition) is 2. The Kier molecular flexibility index (Phi) is 9.03. The van der Waals surface area contributed by atoms with Gasteiger partial charge in [-0.1, -0.05) is 32.9 Å². The number of aromatic nitrogens is 2. The minimum absolute atomic E-state index is 0.177. The van der Waals surface area contributed by atoms with Crippen molar-refractivity contribution in [3.05, 3.63) is 58.7 Å². The Balaban J connectivity index is 1.93. The first-order valence-electron chi connectivity index (χ1n) is 11.3. The van der Waals surface area contributed by atoms with E-state index in [1.807, 2.05) is 31.4 Å². The van der Waals surface area contributed by atoms with Gasteiger partial charge >= 0.3 is 6.09 Å². The predicted octanol–water partition coefficient (Wildman–Crippen LogP) is 4.40. The number of aliphatic hydroxyl groups is 1. The highest BCUT2D eigenvalue weighted by Crippen LogP contribution is 2.40. The molecule has 11 heteroatoms. The normalized spacial score (nSPS) is 12.3. The number of carbonyl (C=O) groups excluding carboxylic acids is 1. The zero-order valence-electron chi connectivity index (χ0n) is 20.1. The number of thiophene rings is 1. The first kappa shape index (κ1) is 26.8. The maximum atomic E-state index is 15.0. The van der Waals surface area contributed by atoms with E-state index in [-0.39, 0.29) is 11.5 Å². The highest BCUT2D eigenvalue weighted by molar-refractivity contribution is 7.70. The quantitative estimate of drug-likeness (QED) is 0.382. The van der Waals surface area contributed by atoms with Crippen molar-refractivity contribution in [2.24, 2.45) is 5.92 Å². The molecule has 1 aromatic carbocycles. The highest BCUT2D eigenvalue weighted by Gasteiger charge is 2.24. The smallest absolute Gasteiger partial charge is 0.398 e. The molecule has 35 heavy (non-hydrogen) atoms. The minimum Gasteiger partial charge on any atom is -0.398 e. The van der Waals surface area contributed by atoms with E-state index in [2.05, 4.69) is 4.98 Å². The van der Waals surface area contributed by atoms with Crippen molar-refractivity contribution in [1.82, 2.24) is 13.9 Å². The van der Waals surface area contributed by atoms with Crippen LogP contribution in [0.2, 0.25) is 0 Å². The summed E-state index contributed by atoms with van der Waals surface area (Å²) in [4.78, 5) is 17.8. The number of nitrogens with zero attached hydrogens (tertiary/aromatic N) is 3. The molecule has 2 aromatic heterocycles. The number of carbonyl (C=O) groups is 1. The summed E-state index contributed by atoms with van der Waals surface area (Å²) >= 11 is 1.22. The van der Waals surface area contributed by atoms with Crippen LogP contribution in [0.4, 0.5) is 9.18 Å². The lowest BCUT2D eigenvalue weighted by molar-refractivity contribution is 0.130. The number of aryl methyl sites for hydroxylation is 1. The topological polar surface area (TPSA) is 102 Å². The van der Waals surface area contributed by atoms with Crippen LogP contribution in [-0.2, 0) is 23.9 Å². The van der Waals surface area contributed by atoms with Crippen molar-refractivity contribution in [3.63, 3.8) is 0 Å². The van der Waals surface area contributed by atoms with Gasteiger partial charge in [0.15, 0.2) is 5.06 Å². The maximum Gasteiger partial charge on any atom is 0.429 e. The van der Waals surface area contributed by atoms with Gasteiger partial charge in [-0.05, 0) is 43.4 Å². The fourth-order valence-corrected chi connectivity index (χ4v) is 5.20. The molecule has 1 amide bonds. The van der Waals surface area contributed by atoms with Crippen LogP contribution in [0.1, 0.15) is 43.5 Å². The summed E-state index contributed by atoms with van der Waals surface area (Å²) in [5, 5.41) is 10.0. The van der Waals surface area contributed by atoms with Gasteiger partial charge in [0.05, 0.1) is 19.2 Å². The van der Waals surface area contributed by atoms with Crippen LogP contribution in [0.3, 0.4) is 0 Å². The lowest BCUT2D eigenvalue weighted by Gasteiger charge is -2.18. The third kappa shape index (κ3) is 6.89. The molecule has 0 radical (unpaired) electrons. The summed E-state index contributed by atoms with van der Waals surface area (Å²) in [5.41, 5.74) is 1.49. The fraction of sp³-hybridized carbons (Fsp3) is 0.417. The van der Waals surface area contributed by atoms with Gasteiger partial charge in [-0.25, -0.2) is 26.9 Å². The number of hydrogen-bond acceptors (Lipinski definition) is 7. The molecule has 0 bridgehead atoms. The largest absolute Gasteiger partial charge is 0.429 e. The molecule has 1 N–H and O–H groups in total. The van der Waals surface area contributed by atoms with E-state index in [4.69, 9.17) is 4.74 Å². The van der Waals surface area contributed by atoms with Gasteiger partial charge < -0.3 is 14.4 Å². The van der Waals surface area contributed by atoms with E-state index >= 15 is 4.39 Å². The number of benzene rings is 1. The van der Waals surface area contributed by atoms with Crippen LogP contribution in [0.25, 0.3) is 11.1 Å². The standard InChI is InChI=1S/C24H30FN3O5S2/c1-5-19(29)14-28(35(31)32)24(30)33-23-21(12-20(34-23)10-15(2)3)17-6-7-18(22(25)11-17)13-27-9-8-26-16(27)4/h6-9,11-12,15,19,29,35H,5,10,13-14H2,1-4H3. The summed E-state index contributed by atoms with van der Waals surface area (Å²) < 4.78 is 46.1. The molecule has 0 aliphatic heterocycles. The van der Waals surface area contributed by atoms with Crippen LogP contribution < -0.4 is 4.74 Å². The predicted molar refractivity (Wildman–Crippen MR) is 134 cm³/mol. The number of amides is 1. The van der Waals surface area contributed by atoms with Crippen LogP contribution >= 0.6 is 11.3 Å². The second-order valence-electron chi connectivity index (χ2n) is 8.67. The summed E-state index contributed by atoms with van der Waals surface area (Å²) in [6.07, 6.45) is 2.31. The lowest BCUT2D eigenvalue weighted by atomic mass is 10.0. The van der Waals surface area contributed by atoms with Crippen molar-refractivity contribution in [3.8, 4) is 16.2 Å². The molecule has 1 atom stereocenters. The van der Waals surface area contributed by atoms with Gasteiger partial charge in [-0.3, -0.25) is 0 Å². The fourth-order valence-electron chi connectivity index (χ4n) is 3.47. The Morgan fingerprint density at radius 3 is 2.63 bits per heavy atom. The molecule has 0 aliphatic rings. The second kappa shape index (κ2) is 11.8. The second-order valence-corrected chi connectivity index (χ2v) is 10.7. The van der Waals surface area contributed by atoms with Gasteiger partial charge in [0.2, 0.25) is 10.9 Å². The summed E-state index contributed by atoms with van der Waals surface area (Å²) in [5.74, 6) is 0.683. The molecule has 0 saturated heterocycles. The van der Waals surface area contributed by atoms with E-state index in [1.54, 1.807) is 31.5 Å². The number of thiol groups is 1. The summed E-state index contributed by atoms with van der Waals surface area (Å²) in [6.45, 7) is 7.54. The number of aliphatic hydroxyl groups excluding tert-OH is 1. The Morgan fingerprint density at radius 2 is 2.06 bits per heavy atom. The molecular formula is C24H30FN3O5S2. The zero-order chi connectivity index (χ0) is 25.7. The average molecular weight is 524 g/mol. The van der Waals surface area contributed by atoms with Crippen molar-refractivity contribution in [1.29, 1.82) is 0 Å². The summed E-state index contributed by atoms with van der Waals surface area (Å²) in [6, 6.07) is 6.64. The van der Waals surface area contributed by atoms with E-state index in [9.17, 15) is 18.3 Å². The molecule has 3 rings (SSSR count). The minimum atomic E-state index is -3.31. The lowest BCUT2D eigenvalue weighted by Crippen LogP contribution is -2.38. The van der Waals surface area contributed by atoms with Gasteiger partial charge in [-0.2, -0.15) is 0 Å². The number of imidazole rings is 1. The molecule has 0 spiro atoms. The number of ether oxygens (including phenoxy) is 1. The van der Waals surface area contributed by atoms with Gasteiger partial charge in [-0.15, -0.1) is 11.3 Å². The first-order valence-corrected chi connectivity index (χ1v) is 13.2. The molecule has 2 heterocycles. The Hall–Kier alpha value is -2.76. The molecule has 0 aliphatic carbocycles. The van der Waals surface area contributed by atoms with E-state index in [0.717, 1.165) is 10.7 Å². The van der Waals surface area contributed by atoms with E-state index in [1.165, 1.54) is 17.4 Å². The average Bonchev–Trinajstić information content (AvgIpc) is 3.37. The van der Waals surface area contributed by atoms with Crippen molar-refractivity contribution >= 4 is 28.3 Å². The maximum absolute atomic E-state index is 15.0. The molecule has 190 valence electrons. The highest BCUT2D eigenvalue weighted by atomic mass is 32.2. The van der Waals surface area contributed by atoms with Crippen LogP contribution in [0.5, 0.6) is 5.06 Å². The Morgan fingerprint density at radius 1 is 1.31 bits per heavy atom. The zero-order valence-corrected chi connectivity index (χ0v) is 21.8. The molecule has 8 nitrogen and oxygen atoms in total. The van der Waals surface area contributed by atoms with E-state index in [0.29, 0.717) is 39.9 Å². The van der Waals surface area contributed by atoms with Gasteiger partial charge in [0.1, 0.15) is 11.6 Å². The number of halogens is 1. The molecular weight excluding hydrogens is 493 g/mol. The van der Waals surface area contributed by atoms with Crippen molar-refractivity contribution in [2.45, 2.75) is 53.2 Å². The third-order valence-corrected chi connectivity index (χ3v) is 7.19. The van der Waals surface area contributed by atoms with Crippen LogP contribution in [0.15, 0.2) is 36.7 Å². The Bertz CT molecular complexity index is 1240. The third-order valence-electron chi connectivity index (χ3n) is 5.43. The summed E-state index contributed by atoms with van der Waals surface area (Å²) in [7, 11) is -3.31. The monoisotopic (exact) mass is 523 g/mol. The van der Waals surface area contributed by atoms with Gasteiger partial charge in [0, 0.05) is 28.4 Å². The van der Waals surface area contributed by atoms with Crippen LogP contribution in [0, 0.1) is 18.7 Å². The van der Waals surface area contributed by atoms with E-state index < -0.39 is 35.4 Å². The SMILES string of the molecule is CCC(O)CN(C(=O)Oc1sc(CC(C)C)cc1-c1ccc(Cn2ccnc2C)c(F)c1)[SH](=O)=O. The molecule has 3 aromatic rings. The Labute approximate surface area is 210 Å². The van der Waals surface area contributed by atoms with Crippen molar-refractivity contribution < 1.29 is 27.4 Å². The number of rotatable bonds is 10. The first-order chi connectivity index (χ1) is 16.6. The molecule has 0 saturated carbocycles. The van der Waals surface area contributed by atoms with Crippen LogP contribution in [-0.4, -0.2) is 46.1 Å². The van der Waals surface area contributed by atoms with Crippen molar-refractivity contribution in [2.75, 3.05) is 6.54 Å².